The number of fused-ring (bicyclic) bond motifs is 3. The summed E-state index contributed by atoms with van der Waals surface area (Å²) in [5.74, 6) is 1.24. The van der Waals surface area contributed by atoms with Gasteiger partial charge in [0, 0.05) is 29.4 Å². The Balaban J connectivity index is 1.73. The fourth-order valence-electron chi connectivity index (χ4n) is 4.29. The summed E-state index contributed by atoms with van der Waals surface area (Å²) >= 11 is 0. The monoisotopic (exact) mass is 258 g/mol. The Morgan fingerprint density at radius 1 is 1.05 bits per heavy atom. The van der Waals surface area contributed by atoms with Crippen LogP contribution in [0.15, 0.2) is 6.33 Å². The highest BCUT2D eigenvalue weighted by Crippen LogP contribution is 2.40. The fourth-order valence-corrected chi connectivity index (χ4v) is 4.29. The number of nitrogens with two attached hydrogens (primary N) is 1. The van der Waals surface area contributed by atoms with E-state index in [1.165, 1.54) is 42.8 Å². The van der Waals surface area contributed by atoms with Crippen molar-refractivity contribution in [2.24, 2.45) is 5.73 Å². The van der Waals surface area contributed by atoms with Gasteiger partial charge in [-0.25, -0.2) is 9.97 Å². The maximum Gasteiger partial charge on any atom is 0.135 e. The summed E-state index contributed by atoms with van der Waals surface area (Å²) in [7, 11) is 0. The minimum atomic E-state index is 0.395. The lowest BCUT2D eigenvalue weighted by Crippen LogP contribution is -2.48. The second-order valence-corrected chi connectivity index (χ2v) is 6.35. The van der Waals surface area contributed by atoms with E-state index < -0.39 is 0 Å². The van der Waals surface area contributed by atoms with E-state index in [1.807, 2.05) is 0 Å². The molecular weight excluding hydrogens is 236 g/mol. The molecule has 2 bridgehead atoms. The first-order valence-electron chi connectivity index (χ1n) is 7.69. The molecular formula is C15H22N4. The molecule has 0 spiro atoms. The Morgan fingerprint density at radius 2 is 1.79 bits per heavy atom. The molecule has 1 aromatic heterocycles. The molecule has 0 aromatic carbocycles. The summed E-state index contributed by atoms with van der Waals surface area (Å²) < 4.78 is 0. The lowest BCUT2D eigenvalue weighted by Gasteiger charge is -2.40. The number of hydrogen-bond acceptors (Lipinski definition) is 4. The largest absolute Gasteiger partial charge is 0.350 e. The smallest absolute Gasteiger partial charge is 0.135 e. The lowest BCUT2D eigenvalue weighted by molar-refractivity contribution is 0.410. The van der Waals surface area contributed by atoms with Crippen molar-refractivity contribution < 1.29 is 0 Å². The predicted molar refractivity (Wildman–Crippen MR) is 75.2 cm³/mol. The summed E-state index contributed by atoms with van der Waals surface area (Å²) in [4.78, 5) is 11.7. The van der Waals surface area contributed by atoms with E-state index in [4.69, 9.17) is 5.73 Å². The van der Waals surface area contributed by atoms with Gasteiger partial charge in [0.1, 0.15) is 12.1 Å². The Morgan fingerprint density at radius 3 is 2.58 bits per heavy atom. The SMILES string of the molecule is NC1CC2CCC(C1)N2c1ncnc2c1CCCC2. The fraction of sp³-hybridized carbons (Fsp3) is 0.733. The zero-order chi connectivity index (χ0) is 12.8. The van der Waals surface area contributed by atoms with Crippen molar-refractivity contribution in [3.63, 3.8) is 0 Å². The minimum Gasteiger partial charge on any atom is -0.350 e. The molecule has 3 heterocycles. The van der Waals surface area contributed by atoms with Crippen LogP contribution in [-0.2, 0) is 12.8 Å². The minimum absolute atomic E-state index is 0.395. The van der Waals surface area contributed by atoms with Gasteiger partial charge in [0.2, 0.25) is 0 Å². The van der Waals surface area contributed by atoms with Gasteiger partial charge in [0.05, 0.1) is 0 Å². The zero-order valence-electron chi connectivity index (χ0n) is 11.4. The van der Waals surface area contributed by atoms with Crippen LogP contribution in [-0.4, -0.2) is 28.1 Å². The second kappa shape index (κ2) is 4.44. The number of anilines is 1. The van der Waals surface area contributed by atoms with Gasteiger partial charge in [-0.05, 0) is 51.4 Å². The van der Waals surface area contributed by atoms with Crippen molar-refractivity contribution >= 4 is 5.82 Å². The first-order valence-corrected chi connectivity index (χ1v) is 7.69. The third kappa shape index (κ3) is 1.84. The Kier molecular flexibility index (Phi) is 2.72. The maximum atomic E-state index is 6.17. The van der Waals surface area contributed by atoms with Crippen molar-refractivity contribution in [3.8, 4) is 0 Å². The highest BCUT2D eigenvalue weighted by atomic mass is 15.3. The van der Waals surface area contributed by atoms with E-state index in [0.717, 1.165) is 25.7 Å². The average Bonchev–Trinajstić information content (AvgIpc) is 2.70. The van der Waals surface area contributed by atoms with Gasteiger partial charge >= 0.3 is 0 Å². The Labute approximate surface area is 114 Å². The van der Waals surface area contributed by atoms with Gasteiger partial charge in [0.25, 0.3) is 0 Å². The van der Waals surface area contributed by atoms with Crippen LogP contribution in [0.5, 0.6) is 0 Å². The van der Waals surface area contributed by atoms with Crippen molar-refractivity contribution in [1.29, 1.82) is 0 Å². The molecule has 19 heavy (non-hydrogen) atoms. The number of aromatic nitrogens is 2. The number of rotatable bonds is 1. The Hall–Kier alpha value is -1.16. The normalized spacial score (nSPS) is 33.3. The van der Waals surface area contributed by atoms with Crippen LogP contribution in [0.2, 0.25) is 0 Å². The molecule has 2 unspecified atom stereocenters. The van der Waals surface area contributed by atoms with Gasteiger partial charge < -0.3 is 10.6 Å². The third-order valence-corrected chi connectivity index (χ3v) is 5.12. The van der Waals surface area contributed by atoms with Crippen LogP contribution in [0, 0.1) is 0 Å². The van der Waals surface area contributed by atoms with E-state index in [0.29, 0.717) is 18.1 Å². The van der Waals surface area contributed by atoms with Crippen molar-refractivity contribution in [1.82, 2.24) is 9.97 Å². The number of aryl methyl sites for hydroxylation is 1. The number of nitrogens with zero attached hydrogens (tertiary/aromatic N) is 3. The number of hydrogen-bond donors (Lipinski definition) is 1. The van der Waals surface area contributed by atoms with E-state index in [-0.39, 0.29) is 0 Å². The van der Waals surface area contributed by atoms with Gasteiger partial charge in [-0.15, -0.1) is 0 Å². The summed E-state index contributed by atoms with van der Waals surface area (Å²) in [6.45, 7) is 0. The molecule has 2 aliphatic heterocycles. The van der Waals surface area contributed by atoms with Gasteiger partial charge in [0.15, 0.2) is 0 Å². The second-order valence-electron chi connectivity index (χ2n) is 6.35. The van der Waals surface area contributed by atoms with Crippen molar-refractivity contribution in [2.75, 3.05) is 4.90 Å². The predicted octanol–water partition coefficient (Wildman–Crippen LogP) is 1.81. The quantitative estimate of drug-likeness (QED) is 0.834. The summed E-state index contributed by atoms with van der Waals surface area (Å²) in [5.41, 5.74) is 8.90. The Bertz CT molecular complexity index is 473. The molecule has 0 amide bonds. The van der Waals surface area contributed by atoms with Crippen molar-refractivity contribution in [3.05, 3.63) is 17.6 Å². The van der Waals surface area contributed by atoms with Crippen LogP contribution >= 0.6 is 0 Å². The molecule has 2 saturated heterocycles. The molecule has 2 N–H and O–H groups in total. The van der Waals surface area contributed by atoms with Crippen LogP contribution in [0.4, 0.5) is 5.82 Å². The summed E-state index contributed by atoms with van der Waals surface area (Å²) in [6.07, 6.45) is 11.5. The van der Waals surface area contributed by atoms with E-state index in [2.05, 4.69) is 14.9 Å². The molecule has 102 valence electrons. The van der Waals surface area contributed by atoms with Crippen molar-refractivity contribution in [2.45, 2.75) is 69.5 Å². The van der Waals surface area contributed by atoms with Crippen LogP contribution in [0.1, 0.15) is 49.8 Å². The first kappa shape index (κ1) is 11.6. The average molecular weight is 258 g/mol. The highest BCUT2D eigenvalue weighted by molar-refractivity contribution is 5.53. The van der Waals surface area contributed by atoms with Gasteiger partial charge in [-0.2, -0.15) is 0 Å². The topological polar surface area (TPSA) is 55.0 Å². The first-order chi connectivity index (χ1) is 9.33. The van der Waals surface area contributed by atoms with Crippen LogP contribution in [0.3, 0.4) is 0 Å². The van der Waals surface area contributed by atoms with E-state index in [9.17, 15) is 0 Å². The molecule has 3 aliphatic rings. The molecule has 1 aromatic rings. The molecule has 4 nitrogen and oxygen atoms in total. The van der Waals surface area contributed by atoms with Gasteiger partial charge in [-0.3, -0.25) is 0 Å². The molecule has 4 heteroatoms. The molecule has 2 fully saturated rings. The summed E-state index contributed by atoms with van der Waals surface area (Å²) in [5, 5.41) is 0. The standard InChI is InChI=1S/C15H22N4/c16-10-7-11-5-6-12(8-10)19(11)15-13-3-1-2-4-14(13)17-9-18-15/h9-12H,1-8,16H2. The summed E-state index contributed by atoms with van der Waals surface area (Å²) in [6, 6.07) is 1.63. The van der Waals surface area contributed by atoms with E-state index in [1.54, 1.807) is 6.33 Å². The van der Waals surface area contributed by atoms with Gasteiger partial charge in [-0.1, -0.05) is 0 Å². The molecule has 4 rings (SSSR count). The van der Waals surface area contributed by atoms with Crippen LogP contribution in [0.25, 0.3) is 0 Å². The van der Waals surface area contributed by atoms with Crippen LogP contribution < -0.4 is 10.6 Å². The molecule has 0 radical (unpaired) electrons. The third-order valence-electron chi connectivity index (χ3n) is 5.12. The zero-order valence-corrected chi connectivity index (χ0v) is 11.4. The highest BCUT2D eigenvalue weighted by Gasteiger charge is 2.41. The molecule has 0 saturated carbocycles. The number of piperidine rings is 1. The molecule has 2 atom stereocenters. The maximum absolute atomic E-state index is 6.17. The van der Waals surface area contributed by atoms with E-state index >= 15 is 0 Å². The lowest BCUT2D eigenvalue weighted by atomic mass is 9.93. The molecule has 1 aliphatic carbocycles.